The maximum atomic E-state index is 12.6. The summed E-state index contributed by atoms with van der Waals surface area (Å²) in [5, 5.41) is 18.7. The van der Waals surface area contributed by atoms with Gasteiger partial charge in [0.15, 0.2) is 5.78 Å². The zero-order valence-electron chi connectivity index (χ0n) is 8.88. The van der Waals surface area contributed by atoms with Gasteiger partial charge in [-0.3, -0.25) is 4.79 Å². The van der Waals surface area contributed by atoms with Crippen molar-refractivity contribution in [3.05, 3.63) is 53.4 Å². The van der Waals surface area contributed by atoms with Crippen LogP contribution < -0.4 is 0 Å². The van der Waals surface area contributed by atoms with Gasteiger partial charge >= 0.3 is 0 Å². The first-order valence-corrected chi connectivity index (χ1v) is 5.13. The van der Waals surface area contributed by atoms with Gasteiger partial charge in [-0.05, 0) is 29.3 Å². The molecule has 1 aliphatic rings. The number of benzene rings is 1. The van der Waals surface area contributed by atoms with E-state index in [2.05, 4.69) is 0 Å². The van der Waals surface area contributed by atoms with Gasteiger partial charge in [-0.25, -0.2) is 4.39 Å². The maximum Gasteiger partial charge on any atom is 0.187 e. The lowest BCUT2D eigenvalue weighted by Gasteiger charge is -2.07. The van der Waals surface area contributed by atoms with Crippen molar-refractivity contribution in [2.24, 2.45) is 0 Å². The van der Waals surface area contributed by atoms with Crippen LogP contribution in [0.2, 0.25) is 0 Å². The first kappa shape index (κ1) is 11.7. The van der Waals surface area contributed by atoms with Crippen LogP contribution in [-0.4, -0.2) is 28.2 Å². The minimum absolute atomic E-state index is 0.326. The summed E-state index contributed by atoms with van der Waals surface area (Å²) in [4.78, 5) is 11.1. The van der Waals surface area contributed by atoms with Gasteiger partial charge in [-0.15, -0.1) is 0 Å². The van der Waals surface area contributed by atoms with Gasteiger partial charge in [0.1, 0.15) is 18.0 Å². The molecule has 1 aromatic carbocycles. The summed E-state index contributed by atoms with van der Waals surface area (Å²) in [5.74, 6) is -0.830. The van der Waals surface area contributed by atoms with Crippen LogP contribution in [0, 0.1) is 5.82 Å². The molecule has 0 saturated carbocycles. The molecule has 0 aliphatic heterocycles. The van der Waals surface area contributed by atoms with E-state index in [-0.39, 0.29) is 5.82 Å². The maximum absolute atomic E-state index is 12.6. The van der Waals surface area contributed by atoms with Gasteiger partial charge in [0, 0.05) is 0 Å². The van der Waals surface area contributed by atoms with E-state index in [9.17, 15) is 19.4 Å². The topological polar surface area (TPSA) is 57.5 Å². The number of ketones is 1. The molecule has 88 valence electrons. The molecular formula is C13H11FO3. The van der Waals surface area contributed by atoms with Crippen molar-refractivity contribution in [1.29, 1.82) is 0 Å². The van der Waals surface area contributed by atoms with Crippen LogP contribution in [0.4, 0.5) is 4.39 Å². The fourth-order valence-electron chi connectivity index (χ4n) is 1.59. The summed E-state index contributed by atoms with van der Waals surface area (Å²) in [6.45, 7) is 0. The summed E-state index contributed by atoms with van der Waals surface area (Å²) in [6, 6.07) is 5.79. The highest BCUT2D eigenvalue weighted by Gasteiger charge is 2.31. The van der Waals surface area contributed by atoms with Crippen molar-refractivity contribution in [1.82, 2.24) is 0 Å². The molecule has 1 aliphatic carbocycles. The van der Waals surface area contributed by atoms with Crippen molar-refractivity contribution < 1.29 is 19.4 Å². The van der Waals surface area contributed by atoms with Crippen LogP contribution in [0.1, 0.15) is 5.56 Å². The van der Waals surface area contributed by atoms with E-state index in [0.717, 1.165) is 5.56 Å². The predicted octanol–water partition coefficient (Wildman–Crippen LogP) is 1.07. The van der Waals surface area contributed by atoms with Crippen LogP contribution >= 0.6 is 0 Å². The third kappa shape index (κ3) is 2.49. The van der Waals surface area contributed by atoms with Crippen molar-refractivity contribution >= 4 is 11.9 Å². The first-order valence-electron chi connectivity index (χ1n) is 5.13. The van der Waals surface area contributed by atoms with Gasteiger partial charge < -0.3 is 10.2 Å². The largest absolute Gasteiger partial charge is 0.385 e. The van der Waals surface area contributed by atoms with Gasteiger partial charge in [-0.2, -0.15) is 0 Å². The van der Waals surface area contributed by atoms with Crippen LogP contribution in [0.5, 0.6) is 0 Å². The fourth-order valence-corrected chi connectivity index (χ4v) is 1.59. The van der Waals surface area contributed by atoms with Gasteiger partial charge in [0.2, 0.25) is 0 Å². The molecule has 3 nitrogen and oxygen atoms in total. The average molecular weight is 234 g/mol. The van der Waals surface area contributed by atoms with E-state index in [1.807, 2.05) is 0 Å². The molecule has 2 rings (SSSR count). The van der Waals surface area contributed by atoms with Crippen LogP contribution in [-0.2, 0) is 4.79 Å². The first-order chi connectivity index (χ1) is 8.08. The Morgan fingerprint density at radius 2 is 1.71 bits per heavy atom. The van der Waals surface area contributed by atoms with E-state index < -0.39 is 18.0 Å². The van der Waals surface area contributed by atoms with Gasteiger partial charge in [-0.1, -0.05) is 24.3 Å². The Morgan fingerprint density at radius 3 is 2.24 bits per heavy atom. The molecule has 2 N–H and O–H groups in total. The molecule has 0 amide bonds. The average Bonchev–Trinajstić information content (AvgIpc) is 2.56. The number of aliphatic hydroxyl groups is 2. The summed E-state index contributed by atoms with van der Waals surface area (Å²) < 4.78 is 12.6. The second-order valence-electron chi connectivity index (χ2n) is 3.82. The molecule has 17 heavy (non-hydrogen) atoms. The number of carbonyl (C=O) groups excluding carboxylic acids is 1. The van der Waals surface area contributed by atoms with Crippen molar-refractivity contribution in [3.63, 3.8) is 0 Å². The Hall–Kier alpha value is -1.78. The molecule has 0 fully saturated rings. The Labute approximate surface area is 97.5 Å². The highest BCUT2D eigenvalue weighted by Crippen LogP contribution is 2.19. The number of hydrogen-bond acceptors (Lipinski definition) is 3. The van der Waals surface area contributed by atoms with E-state index in [1.165, 1.54) is 24.3 Å². The Morgan fingerprint density at radius 1 is 1.06 bits per heavy atom. The van der Waals surface area contributed by atoms with E-state index in [0.29, 0.717) is 5.57 Å². The lowest BCUT2D eigenvalue weighted by atomic mass is 10.1. The third-order valence-electron chi connectivity index (χ3n) is 2.58. The van der Waals surface area contributed by atoms with Crippen molar-refractivity contribution in [2.75, 3.05) is 0 Å². The quantitative estimate of drug-likeness (QED) is 0.804. The molecule has 2 atom stereocenters. The van der Waals surface area contributed by atoms with Crippen LogP contribution in [0.25, 0.3) is 6.08 Å². The fraction of sp³-hybridized carbons (Fsp3) is 0.154. The lowest BCUT2D eigenvalue weighted by Crippen LogP contribution is -2.27. The van der Waals surface area contributed by atoms with Crippen molar-refractivity contribution in [3.8, 4) is 0 Å². The molecule has 1 aromatic rings. The zero-order chi connectivity index (χ0) is 12.4. The minimum atomic E-state index is -1.37. The molecule has 0 aromatic heterocycles. The number of carbonyl (C=O) groups is 1. The Kier molecular flexibility index (Phi) is 3.17. The Bertz CT molecular complexity index is 488. The normalized spacial score (nSPS) is 24.4. The Balaban J connectivity index is 2.14. The predicted molar refractivity (Wildman–Crippen MR) is 60.5 cm³/mol. The molecular weight excluding hydrogens is 223 g/mol. The summed E-state index contributed by atoms with van der Waals surface area (Å²) in [7, 11) is 0. The highest BCUT2D eigenvalue weighted by molar-refractivity contribution is 5.98. The lowest BCUT2D eigenvalue weighted by molar-refractivity contribution is -0.124. The summed E-state index contributed by atoms with van der Waals surface area (Å²) in [6.07, 6.45) is 1.82. The minimum Gasteiger partial charge on any atom is -0.385 e. The number of hydrogen-bond donors (Lipinski definition) is 2. The zero-order valence-corrected chi connectivity index (χ0v) is 8.88. The van der Waals surface area contributed by atoms with E-state index in [4.69, 9.17) is 0 Å². The van der Waals surface area contributed by atoms with Gasteiger partial charge in [0.05, 0.1) is 0 Å². The molecule has 0 saturated heterocycles. The van der Waals surface area contributed by atoms with E-state index in [1.54, 1.807) is 18.2 Å². The number of halogens is 1. The SMILES string of the molecule is O=C1C=C(/C=C/c2ccc(F)cc2)[C@H](O)[C@H]1O. The third-order valence-corrected chi connectivity index (χ3v) is 2.58. The van der Waals surface area contributed by atoms with Crippen molar-refractivity contribution in [2.45, 2.75) is 12.2 Å². The molecule has 4 heteroatoms. The second kappa shape index (κ2) is 4.61. The number of rotatable bonds is 2. The number of aliphatic hydroxyl groups excluding tert-OH is 2. The second-order valence-corrected chi connectivity index (χ2v) is 3.82. The monoisotopic (exact) mass is 234 g/mol. The molecule has 0 radical (unpaired) electrons. The van der Waals surface area contributed by atoms with Crippen LogP contribution in [0.3, 0.4) is 0 Å². The summed E-state index contributed by atoms with van der Waals surface area (Å²) in [5.41, 5.74) is 1.10. The van der Waals surface area contributed by atoms with Crippen LogP contribution in [0.15, 0.2) is 42.0 Å². The van der Waals surface area contributed by atoms with E-state index >= 15 is 0 Å². The molecule has 0 unspecified atom stereocenters. The van der Waals surface area contributed by atoms with Gasteiger partial charge in [0.25, 0.3) is 0 Å². The highest BCUT2D eigenvalue weighted by atomic mass is 19.1. The smallest absolute Gasteiger partial charge is 0.187 e. The molecule has 0 heterocycles. The molecule has 0 bridgehead atoms. The molecule has 0 spiro atoms. The standard InChI is InChI=1S/C13H11FO3/c14-10-5-2-8(3-6-10)1-4-9-7-11(15)13(17)12(9)16/h1-7,12-13,16-17H/b4-1+/t12-,13-/m0/s1. The summed E-state index contributed by atoms with van der Waals surface area (Å²) >= 11 is 0.